The summed E-state index contributed by atoms with van der Waals surface area (Å²) in [7, 11) is 0. The number of para-hydroxylation sites is 1. The number of hydrogen-bond donors (Lipinski definition) is 0. The molecular weight excluding hydrogens is 334 g/mol. The Labute approximate surface area is 161 Å². The fraction of sp³-hybridized carbons (Fsp3) is 0.333. The third-order valence-corrected chi connectivity index (χ3v) is 5.05. The summed E-state index contributed by atoms with van der Waals surface area (Å²) in [6.45, 7) is 10.4. The Morgan fingerprint density at radius 2 is 1.48 bits per heavy atom. The molecule has 1 heterocycles. The number of carbonyl (C=O) groups is 2. The molecule has 0 atom stereocenters. The monoisotopic (exact) mass is 361 g/mol. The Hall–Kier alpha value is -2.68. The van der Waals surface area contributed by atoms with Crippen LogP contribution in [-0.4, -0.2) is 11.8 Å². The Morgan fingerprint density at radius 1 is 0.889 bits per heavy atom. The maximum atomic E-state index is 13.4. The topological polar surface area (TPSA) is 37.4 Å². The van der Waals surface area contributed by atoms with Crippen LogP contribution in [0.4, 0.5) is 5.69 Å². The van der Waals surface area contributed by atoms with Gasteiger partial charge in [-0.1, -0.05) is 77.1 Å². The lowest BCUT2D eigenvalue weighted by atomic mass is 9.92. The molecule has 27 heavy (non-hydrogen) atoms. The lowest BCUT2D eigenvalue weighted by Crippen LogP contribution is -2.32. The summed E-state index contributed by atoms with van der Waals surface area (Å²) in [5.41, 5.74) is 4.64. The van der Waals surface area contributed by atoms with Crippen molar-refractivity contribution in [2.45, 2.75) is 52.9 Å². The van der Waals surface area contributed by atoms with Crippen molar-refractivity contribution in [1.29, 1.82) is 0 Å². The number of allylic oxidation sites excluding steroid dienone is 1. The van der Waals surface area contributed by atoms with Gasteiger partial charge in [-0.2, -0.15) is 0 Å². The van der Waals surface area contributed by atoms with Crippen molar-refractivity contribution in [3.8, 4) is 0 Å². The summed E-state index contributed by atoms with van der Waals surface area (Å²) in [4.78, 5) is 28.1. The summed E-state index contributed by atoms with van der Waals surface area (Å²) in [6.07, 6.45) is 4.83. The predicted octanol–water partition coefficient (Wildman–Crippen LogP) is 6.16. The van der Waals surface area contributed by atoms with Gasteiger partial charge in [0.05, 0.1) is 16.8 Å². The molecule has 2 aromatic carbocycles. The van der Waals surface area contributed by atoms with Crippen molar-refractivity contribution in [1.82, 2.24) is 0 Å². The first-order valence-corrected chi connectivity index (χ1v) is 9.69. The smallest absolute Gasteiger partial charge is 0.266 e. The SMILES string of the molecule is CCC=Cc1cccc2c1C(=O)N(c1c(C(C)C)cccc1C(C)C)C2=O. The van der Waals surface area contributed by atoms with Crippen LogP contribution in [0.5, 0.6) is 0 Å². The van der Waals surface area contributed by atoms with Gasteiger partial charge in [-0.3, -0.25) is 9.59 Å². The maximum Gasteiger partial charge on any atom is 0.266 e. The van der Waals surface area contributed by atoms with Crippen molar-refractivity contribution in [3.63, 3.8) is 0 Å². The highest BCUT2D eigenvalue weighted by Gasteiger charge is 2.40. The number of benzene rings is 2. The van der Waals surface area contributed by atoms with E-state index in [2.05, 4.69) is 27.7 Å². The van der Waals surface area contributed by atoms with Crippen LogP contribution in [0.15, 0.2) is 42.5 Å². The lowest BCUT2D eigenvalue weighted by Gasteiger charge is -2.25. The second kappa shape index (κ2) is 7.51. The average molecular weight is 361 g/mol. The Balaban J connectivity index is 2.22. The molecule has 0 saturated heterocycles. The molecule has 140 valence electrons. The van der Waals surface area contributed by atoms with Crippen molar-refractivity contribution < 1.29 is 9.59 Å². The van der Waals surface area contributed by atoms with Gasteiger partial charge in [0.25, 0.3) is 11.8 Å². The Bertz CT molecular complexity index is 896. The molecule has 0 unspecified atom stereocenters. The largest absolute Gasteiger partial charge is 0.268 e. The van der Waals surface area contributed by atoms with Gasteiger partial charge in [-0.15, -0.1) is 0 Å². The molecule has 0 bridgehead atoms. The van der Waals surface area contributed by atoms with Gasteiger partial charge in [0.2, 0.25) is 0 Å². The number of hydrogen-bond acceptors (Lipinski definition) is 2. The van der Waals surface area contributed by atoms with Crippen LogP contribution in [0.25, 0.3) is 6.08 Å². The highest BCUT2D eigenvalue weighted by atomic mass is 16.2. The quantitative estimate of drug-likeness (QED) is 0.598. The van der Waals surface area contributed by atoms with Crippen LogP contribution in [0.3, 0.4) is 0 Å². The van der Waals surface area contributed by atoms with Crippen LogP contribution in [0, 0.1) is 0 Å². The molecule has 0 saturated carbocycles. The first kappa shape index (κ1) is 19.1. The van der Waals surface area contributed by atoms with Gasteiger partial charge in [-0.25, -0.2) is 4.90 Å². The van der Waals surface area contributed by atoms with E-state index in [0.29, 0.717) is 11.1 Å². The van der Waals surface area contributed by atoms with Crippen LogP contribution in [-0.2, 0) is 0 Å². The van der Waals surface area contributed by atoms with E-state index in [1.165, 1.54) is 4.90 Å². The molecule has 1 aliphatic rings. The van der Waals surface area contributed by atoms with Crippen LogP contribution >= 0.6 is 0 Å². The molecule has 0 radical (unpaired) electrons. The van der Waals surface area contributed by atoms with E-state index < -0.39 is 0 Å². The van der Waals surface area contributed by atoms with Gasteiger partial charge in [0, 0.05) is 0 Å². The van der Waals surface area contributed by atoms with E-state index in [1.54, 1.807) is 6.07 Å². The summed E-state index contributed by atoms with van der Waals surface area (Å²) >= 11 is 0. The highest BCUT2D eigenvalue weighted by Crippen LogP contribution is 2.40. The minimum absolute atomic E-state index is 0.211. The molecule has 0 aliphatic carbocycles. The molecule has 3 rings (SSSR count). The lowest BCUT2D eigenvalue weighted by molar-refractivity contribution is 0.0925. The first-order chi connectivity index (χ1) is 12.9. The normalized spacial score (nSPS) is 14.1. The molecular formula is C24H27NO2. The standard InChI is InChI=1S/C24H27NO2/c1-6-7-10-17-11-8-14-20-21(17)24(27)25(23(20)26)22-18(15(2)3)12-9-13-19(22)16(4)5/h7-16H,6H2,1-5H3. The Kier molecular flexibility index (Phi) is 5.31. The Morgan fingerprint density at radius 3 is 2.04 bits per heavy atom. The molecule has 0 fully saturated rings. The third-order valence-electron chi connectivity index (χ3n) is 5.05. The van der Waals surface area contributed by atoms with Crippen LogP contribution < -0.4 is 4.90 Å². The number of nitrogens with zero attached hydrogens (tertiary/aromatic N) is 1. The second-order valence-corrected chi connectivity index (χ2v) is 7.62. The molecule has 1 aliphatic heterocycles. The summed E-state index contributed by atoms with van der Waals surface area (Å²) in [5, 5.41) is 0. The van der Waals surface area contributed by atoms with Gasteiger partial charge in [0.15, 0.2) is 0 Å². The zero-order valence-corrected chi connectivity index (χ0v) is 16.7. The molecule has 2 aromatic rings. The third kappa shape index (κ3) is 3.23. The summed E-state index contributed by atoms with van der Waals surface area (Å²) < 4.78 is 0. The highest BCUT2D eigenvalue weighted by molar-refractivity contribution is 6.35. The summed E-state index contributed by atoms with van der Waals surface area (Å²) in [6, 6.07) is 11.6. The second-order valence-electron chi connectivity index (χ2n) is 7.62. The van der Waals surface area contributed by atoms with Crippen molar-refractivity contribution in [3.05, 3.63) is 70.3 Å². The summed E-state index contributed by atoms with van der Waals surface area (Å²) in [5.74, 6) is -0.0250. The zero-order valence-electron chi connectivity index (χ0n) is 16.7. The molecule has 3 nitrogen and oxygen atoms in total. The average Bonchev–Trinajstić information content (AvgIpc) is 2.90. The minimum atomic E-state index is -0.225. The molecule has 3 heteroatoms. The maximum absolute atomic E-state index is 13.4. The van der Waals surface area contributed by atoms with E-state index in [4.69, 9.17) is 0 Å². The molecule has 0 aromatic heterocycles. The fourth-order valence-corrected chi connectivity index (χ4v) is 3.67. The fourth-order valence-electron chi connectivity index (χ4n) is 3.67. The number of amides is 2. The van der Waals surface area contributed by atoms with Crippen molar-refractivity contribution >= 4 is 23.6 Å². The van der Waals surface area contributed by atoms with E-state index in [1.807, 2.05) is 49.4 Å². The van der Waals surface area contributed by atoms with Gasteiger partial charge < -0.3 is 0 Å². The van der Waals surface area contributed by atoms with Gasteiger partial charge in [-0.05, 0) is 41.0 Å². The van der Waals surface area contributed by atoms with E-state index >= 15 is 0 Å². The van der Waals surface area contributed by atoms with E-state index in [9.17, 15) is 9.59 Å². The van der Waals surface area contributed by atoms with Crippen molar-refractivity contribution in [2.75, 3.05) is 4.90 Å². The number of anilines is 1. The number of rotatable bonds is 5. The molecule has 0 N–H and O–H groups in total. The van der Waals surface area contributed by atoms with Crippen LogP contribution in [0.2, 0.25) is 0 Å². The van der Waals surface area contributed by atoms with Crippen LogP contribution in [0.1, 0.15) is 90.3 Å². The van der Waals surface area contributed by atoms with Crippen molar-refractivity contribution in [2.24, 2.45) is 0 Å². The first-order valence-electron chi connectivity index (χ1n) is 9.69. The number of carbonyl (C=O) groups excluding carboxylic acids is 2. The van der Waals surface area contributed by atoms with Gasteiger partial charge >= 0.3 is 0 Å². The minimum Gasteiger partial charge on any atom is -0.268 e. The van der Waals surface area contributed by atoms with E-state index in [-0.39, 0.29) is 23.7 Å². The molecule has 2 amide bonds. The van der Waals surface area contributed by atoms with Gasteiger partial charge in [0.1, 0.15) is 0 Å². The molecule has 0 spiro atoms. The number of fused-ring (bicyclic) bond motifs is 1. The number of imide groups is 1. The zero-order chi connectivity index (χ0) is 19.7. The predicted molar refractivity (Wildman–Crippen MR) is 112 cm³/mol. The van der Waals surface area contributed by atoms with E-state index in [0.717, 1.165) is 28.8 Å².